The van der Waals surface area contributed by atoms with Gasteiger partial charge in [0.15, 0.2) is 6.10 Å². The molecule has 0 rings (SSSR count). The van der Waals surface area contributed by atoms with Gasteiger partial charge in [-0.2, -0.15) is 0 Å². The minimum Gasteiger partial charge on any atom is -0.477 e. The number of hydrogen-bond acceptors (Lipinski definition) is 7. The summed E-state index contributed by atoms with van der Waals surface area (Å²) in [6, 6.07) is 0. The monoisotopic (exact) mass is 738 g/mol. The topological polar surface area (TPSA) is 108 Å². The van der Waals surface area contributed by atoms with E-state index in [9.17, 15) is 19.5 Å². The number of carbonyl (C=O) groups excluding carboxylic acids is 2. The maximum absolute atomic E-state index is 12.6. The first-order valence-corrected chi connectivity index (χ1v) is 19.1. The summed E-state index contributed by atoms with van der Waals surface area (Å²) in [5, 5.41) is 9.58. The molecule has 0 aromatic carbocycles. The molecule has 0 fully saturated rings. The lowest BCUT2D eigenvalue weighted by Crippen LogP contribution is -2.40. The minimum atomic E-state index is -1.55. The predicted molar refractivity (Wildman–Crippen MR) is 216 cm³/mol. The fraction of sp³-hybridized carbons (Fsp3) is 0.523. The number of likely N-dealkylation sites (N-methyl/N-ethyl adjacent to an activating group) is 1. The van der Waals surface area contributed by atoms with Gasteiger partial charge in [-0.15, -0.1) is 0 Å². The number of rotatable bonds is 32. The van der Waals surface area contributed by atoms with Gasteiger partial charge in [0.2, 0.25) is 0 Å². The van der Waals surface area contributed by atoms with Crippen LogP contribution in [0, 0.1) is 0 Å². The summed E-state index contributed by atoms with van der Waals surface area (Å²) in [5.74, 6) is -2.31. The number of carboxylic acid groups (broad SMARTS) is 1. The Bertz CT molecular complexity index is 1230. The van der Waals surface area contributed by atoms with Crippen molar-refractivity contribution in [2.24, 2.45) is 0 Å². The fourth-order valence-electron chi connectivity index (χ4n) is 4.16. The summed E-state index contributed by atoms with van der Waals surface area (Å²) in [6.45, 7) is 4.38. The Kier molecular flexibility index (Phi) is 32.3. The molecule has 296 valence electrons. The first-order chi connectivity index (χ1) is 25.6. The quantitative estimate of drug-likeness (QED) is 0.0315. The first-order valence-electron chi connectivity index (χ1n) is 19.1. The third-order valence-corrected chi connectivity index (χ3v) is 7.07. The van der Waals surface area contributed by atoms with Crippen LogP contribution in [0.4, 0.5) is 0 Å². The van der Waals surface area contributed by atoms with Crippen molar-refractivity contribution < 1.29 is 42.9 Å². The van der Waals surface area contributed by atoms with E-state index >= 15 is 0 Å². The summed E-state index contributed by atoms with van der Waals surface area (Å²) >= 11 is 0. The SMILES string of the molecule is CC/C=C\C/C=C\C/C=C\C/C=C\C/C=C\CC(=O)OC(COC(=O)CC/C=C\C/C=C\C/C=C\C/C=C\CC)COC(OCC[N+](C)(C)C)C(=O)O. The number of nitrogens with zero attached hydrogens (tertiary/aromatic N) is 1. The number of allylic oxidation sites excluding steroid dienone is 17. The van der Waals surface area contributed by atoms with E-state index < -0.39 is 30.3 Å². The van der Waals surface area contributed by atoms with Gasteiger partial charge in [-0.3, -0.25) is 9.59 Å². The number of esters is 2. The lowest BCUT2D eigenvalue weighted by Gasteiger charge is -2.25. The van der Waals surface area contributed by atoms with Crippen LogP contribution < -0.4 is 0 Å². The molecule has 0 aromatic rings. The molecule has 0 bridgehead atoms. The summed E-state index contributed by atoms with van der Waals surface area (Å²) in [4.78, 5) is 36.8. The lowest BCUT2D eigenvalue weighted by atomic mass is 10.2. The van der Waals surface area contributed by atoms with Gasteiger partial charge in [0.1, 0.15) is 13.2 Å². The molecule has 0 saturated heterocycles. The highest BCUT2D eigenvalue weighted by Gasteiger charge is 2.24. The number of hydrogen-bond donors (Lipinski definition) is 1. The van der Waals surface area contributed by atoms with Crippen LogP contribution in [0.25, 0.3) is 0 Å². The lowest BCUT2D eigenvalue weighted by molar-refractivity contribution is -0.870. The predicted octanol–water partition coefficient (Wildman–Crippen LogP) is 9.32. The Morgan fingerprint density at radius 1 is 0.566 bits per heavy atom. The third kappa shape index (κ3) is 36.1. The summed E-state index contributed by atoms with van der Waals surface area (Å²) < 4.78 is 22.4. The van der Waals surface area contributed by atoms with E-state index in [2.05, 4.69) is 92.8 Å². The van der Waals surface area contributed by atoms with Gasteiger partial charge in [0.25, 0.3) is 6.29 Å². The molecule has 9 nitrogen and oxygen atoms in total. The van der Waals surface area contributed by atoms with Crippen molar-refractivity contribution in [3.05, 3.63) is 109 Å². The Balaban J connectivity index is 4.83. The number of ether oxygens (including phenoxy) is 4. The van der Waals surface area contributed by atoms with Gasteiger partial charge in [-0.25, -0.2) is 4.79 Å². The van der Waals surface area contributed by atoms with Crippen molar-refractivity contribution in [3.63, 3.8) is 0 Å². The third-order valence-electron chi connectivity index (χ3n) is 7.07. The Morgan fingerprint density at radius 2 is 1.00 bits per heavy atom. The van der Waals surface area contributed by atoms with E-state index in [1.807, 2.05) is 45.4 Å². The number of carbonyl (C=O) groups is 3. The van der Waals surface area contributed by atoms with E-state index in [-0.39, 0.29) is 32.7 Å². The van der Waals surface area contributed by atoms with Crippen LogP contribution in [0.5, 0.6) is 0 Å². The molecule has 53 heavy (non-hydrogen) atoms. The van der Waals surface area contributed by atoms with Gasteiger partial charge in [-0.1, -0.05) is 123 Å². The molecule has 2 unspecified atom stereocenters. The number of carboxylic acids is 1. The van der Waals surface area contributed by atoms with Gasteiger partial charge < -0.3 is 28.5 Å². The average Bonchev–Trinajstić information content (AvgIpc) is 3.11. The average molecular weight is 739 g/mol. The smallest absolute Gasteiger partial charge is 0.361 e. The van der Waals surface area contributed by atoms with E-state index in [4.69, 9.17) is 18.9 Å². The summed E-state index contributed by atoms with van der Waals surface area (Å²) in [5.41, 5.74) is 0. The van der Waals surface area contributed by atoms with Gasteiger partial charge in [-0.05, 0) is 64.2 Å². The molecule has 0 aromatic heterocycles. The van der Waals surface area contributed by atoms with E-state index in [1.165, 1.54) is 0 Å². The Morgan fingerprint density at radius 3 is 1.43 bits per heavy atom. The minimum absolute atomic E-state index is 0.00611. The van der Waals surface area contributed by atoms with Crippen molar-refractivity contribution in [1.29, 1.82) is 0 Å². The summed E-state index contributed by atoms with van der Waals surface area (Å²) in [7, 11) is 5.88. The molecule has 0 radical (unpaired) electrons. The molecule has 0 aliphatic carbocycles. The largest absolute Gasteiger partial charge is 0.477 e. The van der Waals surface area contributed by atoms with Crippen LogP contribution in [0.1, 0.15) is 90.9 Å². The van der Waals surface area contributed by atoms with Crippen LogP contribution in [0.2, 0.25) is 0 Å². The molecule has 0 saturated carbocycles. The van der Waals surface area contributed by atoms with E-state index in [0.29, 0.717) is 23.9 Å². The van der Waals surface area contributed by atoms with Crippen LogP contribution in [0.3, 0.4) is 0 Å². The molecule has 2 atom stereocenters. The zero-order valence-corrected chi connectivity index (χ0v) is 33.1. The summed E-state index contributed by atoms with van der Waals surface area (Å²) in [6.07, 6.45) is 43.5. The van der Waals surface area contributed by atoms with Crippen LogP contribution in [-0.2, 0) is 33.3 Å². The normalized spacial score (nSPS) is 14.2. The standard InChI is InChI=1S/C44H67NO8/c1-6-8-10-12-14-16-18-20-21-23-25-27-29-31-33-35-42(47)53-40(39-52-44(43(48)49)50-37-36-45(3,4)5)38-51-41(46)34-32-30-28-26-24-22-19-17-15-13-11-9-7-2/h8-11,14-17,20-22,24-25,27-28,30-31,33,40,44H,6-7,12-13,18-19,23,26,29,32,34-39H2,1-5H3/p+1/b10-8-,11-9-,16-14-,17-15-,21-20-,24-22-,27-25-,30-28-,33-31-. The van der Waals surface area contributed by atoms with Gasteiger partial charge in [0, 0.05) is 6.42 Å². The molecule has 0 aliphatic rings. The van der Waals surface area contributed by atoms with Crippen molar-refractivity contribution in [2.45, 2.75) is 103 Å². The van der Waals surface area contributed by atoms with Crippen LogP contribution in [0.15, 0.2) is 109 Å². The molecule has 0 spiro atoms. The second-order valence-corrected chi connectivity index (χ2v) is 13.1. The van der Waals surface area contributed by atoms with Crippen molar-refractivity contribution in [3.8, 4) is 0 Å². The van der Waals surface area contributed by atoms with E-state index in [0.717, 1.165) is 51.4 Å². The first kappa shape index (κ1) is 49.0. The van der Waals surface area contributed by atoms with Crippen molar-refractivity contribution >= 4 is 17.9 Å². The van der Waals surface area contributed by atoms with Crippen molar-refractivity contribution in [2.75, 3.05) is 47.5 Å². The molecule has 0 aliphatic heterocycles. The molecule has 1 N–H and O–H groups in total. The molecule has 0 heterocycles. The highest BCUT2D eigenvalue weighted by molar-refractivity contribution is 5.72. The fourth-order valence-corrected chi connectivity index (χ4v) is 4.16. The Labute approximate surface area is 320 Å². The molecule has 9 heteroatoms. The second-order valence-electron chi connectivity index (χ2n) is 13.1. The van der Waals surface area contributed by atoms with Crippen molar-refractivity contribution in [1.82, 2.24) is 0 Å². The van der Waals surface area contributed by atoms with Gasteiger partial charge >= 0.3 is 17.9 Å². The Hall–Kier alpha value is -4.05. The number of quaternary nitrogens is 1. The maximum Gasteiger partial charge on any atom is 0.361 e. The highest BCUT2D eigenvalue weighted by atomic mass is 16.7. The van der Waals surface area contributed by atoms with E-state index in [1.54, 1.807) is 6.08 Å². The molecular weight excluding hydrogens is 670 g/mol. The van der Waals surface area contributed by atoms with Gasteiger partial charge in [0.05, 0.1) is 40.8 Å². The molecule has 0 amide bonds. The molecular formula is C44H68NO8+. The maximum atomic E-state index is 12.6. The highest BCUT2D eigenvalue weighted by Crippen LogP contribution is 2.07. The zero-order chi connectivity index (χ0) is 39.3. The van der Waals surface area contributed by atoms with Crippen LogP contribution in [-0.4, -0.2) is 87.4 Å². The zero-order valence-electron chi connectivity index (χ0n) is 33.1. The number of aliphatic carboxylic acids is 1. The van der Waals surface area contributed by atoms with Crippen LogP contribution >= 0.6 is 0 Å². The second kappa shape index (κ2) is 35.0.